The van der Waals surface area contributed by atoms with E-state index in [9.17, 15) is 9.90 Å². The largest absolute Gasteiger partial charge is 0.493 e. The fourth-order valence-electron chi connectivity index (χ4n) is 1.10. The molecule has 0 saturated carbocycles. The standard InChI is InChI=1S/C11H13O5/c1-14-10-4-2-3-5-11(10)16-7-9(13)6-15-8-12/h2-5,9,13H,6-7H2,1H3. The highest BCUT2D eigenvalue weighted by atomic mass is 16.5. The van der Waals surface area contributed by atoms with Crippen molar-refractivity contribution < 1.29 is 24.1 Å². The van der Waals surface area contributed by atoms with Gasteiger partial charge in [0.2, 0.25) is 0 Å². The number of hydrogen-bond donors (Lipinski definition) is 1. The lowest BCUT2D eigenvalue weighted by Gasteiger charge is -2.13. The second-order valence-electron chi connectivity index (χ2n) is 3.01. The first-order chi connectivity index (χ1) is 7.77. The van der Waals surface area contributed by atoms with Crippen LogP contribution in [-0.2, 0) is 9.53 Å². The topological polar surface area (TPSA) is 65.0 Å². The Bertz CT molecular complexity index is 326. The molecule has 0 amide bonds. The van der Waals surface area contributed by atoms with Crippen LogP contribution >= 0.6 is 0 Å². The van der Waals surface area contributed by atoms with E-state index in [2.05, 4.69) is 4.74 Å². The molecule has 0 spiro atoms. The smallest absolute Gasteiger partial charge is 0.417 e. The van der Waals surface area contributed by atoms with Gasteiger partial charge in [-0.05, 0) is 12.1 Å². The van der Waals surface area contributed by atoms with Gasteiger partial charge in [0, 0.05) is 0 Å². The summed E-state index contributed by atoms with van der Waals surface area (Å²) in [5.41, 5.74) is 0. The lowest BCUT2D eigenvalue weighted by atomic mass is 10.3. The molecule has 1 aromatic carbocycles. The van der Waals surface area contributed by atoms with Crippen LogP contribution in [0.2, 0.25) is 0 Å². The minimum absolute atomic E-state index is 0.0159. The molecule has 1 radical (unpaired) electrons. The summed E-state index contributed by atoms with van der Waals surface area (Å²) < 4.78 is 14.6. The van der Waals surface area contributed by atoms with E-state index in [0.29, 0.717) is 11.5 Å². The summed E-state index contributed by atoms with van der Waals surface area (Å²) >= 11 is 0. The molecule has 0 aliphatic carbocycles. The first kappa shape index (κ1) is 12.3. The van der Waals surface area contributed by atoms with E-state index >= 15 is 0 Å². The first-order valence-electron chi connectivity index (χ1n) is 4.70. The van der Waals surface area contributed by atoms with Crippen LogP contribution in [0.25, 0.3) is 0 Å². The van der Waals surface area contributed by atoms with Gasteiger partial charge in [-0.3, -0.25) is 0 Å². The summed E-state index contributed by atoms with van der Waals surface area (Å²) in [6.07, 6.45) is -0.883. The highest BCUT2D eigenvalue weighted by molar-refractivity contribution is 5.39. The third kappa shape index (κ3) is 3.78. The molecule has 16 heavy (non-hydrogen) atoms. The van der Waals surface area contributed by atoms with Crippen molar-refractivity contribution in [3.63, 3.8) is 0 Å². The summed E-state index contributed by atoms with van der Waals surface area (Å²) in [5.74, 6) is 1.11. The van der Waals surface area contributed by atoms with Crippen molar-refractivity contribution in [2.45, 2.75) is 6.10 Å². The Balaban J connectivity index is 2.44. The maximum Gasteiger partial charge on any atom is 0.417 e. The van der Waals surface area contributed by atoms with Crippen LogP contribution in [0.4, 0.5) is 0 Å². The van der Waals surface area contributed by atoms with Crippen molar-refractivity contribution in [2.24, 2.45) is 0 Å². The molecule has 0 bridgehead atoms. The number of rotatable bonds is 7. The molecule has 0 aliphatic rings. The molecule has 87 valence electrons. The molecule has 1 N–H and O–H groups in total. The molecule has 0 fully saturated rings. The average molecular weight is 225 g/mol. The van der Waals surface area contributed by atoms with E-state index in [-0.39, 0.29) is 13.2 Å². The molecule has 0 aliphatic heterocycles. The fraction of sp³-hybridized carbons (Fsp3) is 0.364. The number of methoxy groups -OCH3 is 1. The van der Waals surface area contributed by atoms with Crippen molar-refractivity contribution in [2.75, 3.05) is 20.3 Å². The zero-order chi connectivity index (χ0) is 11.8. The first-order valence-corrected chi connectivity index (χ1v) is 4.70. The van der Waals surface area contributed by atoms with E-state index in [4.69, 9.17) is 9.47 Å². The zero-order valence-corrected chi connectivity index (χ0v) is 8.88. The third-order valence-electron chi connectivity index (χ3n) is 1.83. The Morgan fingerprint density at radius 2 is 2.00 bits per heavy atom. The maximum atomic E-state index is 9.76. The van der Waals surface area contributed by atoms with Crippen LogP contribution in [0.5, 0.6) is 11.5 Å². The summed E-state index contributed by atoms with van der Waals surface area (Å²) in [4.78, 5) is 9.76. The van der Waals surface area contributed by atoms with Crippen molar-refractivity contribution in [1.82, 2.24) is 0 Å². The van der Waals surface area contributed by atoms with Crippen LogP contribution in [0.3, 0.4) is 0 Å². The van der Waals surface area contributed by atoms with Crippen LogP contribution in [0.1, 0.15) is 0 Å². The van der Waals surface area contributed by atoms with Gasteiger partial charge in [0.1, 0.15) is 19.3 Å². The van der Waals surface area contributed by atoms with Crippen molar-refractivity contribution in [3.05, 3.63) is 24.3 Å². The normalized spacial score (nSPS) is 11.6. The van der Waals surface area contributed by atoms with Gasteiger partial charge in [0.25, 0.3) is 0 Å². The van der Waals surface area contributed by atoms with Gasteiger partial charge in [0.05, 0.1) is 7.11 Å². The zero-order valence-electron chi connectivity index (χ0n) is 8.88. The highest BCUT2D eigenvalue weighted by Gasteiger charge is 2.08. The van der Waals surface area contributed by atoms with Crippen molar-refractivity contribution in [1.29, 1.82) is 0 Å². The van der Waals surface area contributed by atoms with E-state index < -0.39 is 6.10 Å². The number of ether oxygens (including phenoxy) is 3. The molecule has 5 nitrogen and oxygen atoms in total. The van der Waals surface area contributed by atoms with Crippen LogP contribution in [0, 0.1) is 0 Å². The molecular weight excluding hydrogens is 212 g/mol. The molecule has 1 rings (SSSR count). The van der Waals surface area contributed by atoms with Crippen LogP contribution in [-0.4, -0.2) is 38.0 Å². The quantitative estimate of drug-likeness (QED) is 0.732. The Morgan fingerprint density at radius 3 is 2.62 bits per heavy atom. The second-order valence-corrected chi connectivity index (χ2v) is 3.01. The number of para-hydroxylation sites is 2. The second kappa shape index (κ2) is 6.68. The summed E-state index contributed by atoms with van der Waals surface area (Å²) in [5, 5.41) is 9.34. The number of carbonyl (C=O) groups excluding carboxylic acids is 1. The number of hydrogen-bond acceptors (Lipinski definition) is 5. The minimum atomic E-state index is -0.883. The average Bonchev–Trinajstić information content (AvgIpc) is 2.34. The summed E-state index contributed by atoms with van der Waals surface area (Å²) in [7, 11) is 1.53. The highest BCUT2D eigenvalue weighted by Crippen LogP contribution is 2.25. The van der Waals surface area contributed by atoms with Gasteiger partial charge in [-0.15, -0.1) is 0 Å². The Morgan fingerprint density at radius 1 is 1.31 bits per heavy atom. The van der Waals surface area contributed by atoms with Gasteiger partial charge < -0.3 is 19.3 Å². The minimum Gasteiger partial charge on any atom is -0.493 e. The molecular formula is C11H13O5. The summed E-state index contributed by atoms with van der Waals surface area (Å²) in [6, 6.07) is 7.07. The lowest BCUT2D eigenvalue weighted by Crippen LogP contribution is -2.23. The lowest BCUT2D eigenvalue weighted by molar-refractivity contribution is 0.0560. The van der Waals surface area contributed by atoms with Gasteiger partial charge in [-0.1, -0.05) is 12.1 Å². The maximum absolute atomic E-state index is 9.76. The van der Waals surface area contributed by atoms with Crippen LogP contribution < -0.4 is 9.47 Å². The Labute approximate surface area is 93.6 Å². The number of benzene rings is 1. The van der Waals surface area contributed by atoms with E-state index in [1.807, 2.05) is 6.07 Å². The van der Waals surface area contributed by atoms with Gasteiger partial charge in [0.15, 0.2) is 11.5 Å². The van der Waals surface area contributed by atoms with Crippen molar-refractivity contribution >= 4 is 6.47 Å². The van der Waals surface area contributed by atoms with Gasteiger partial charge in [-0.2, -0.15) is 0 Å². The molecule has 1 aromatic rings. The Kier molecular flexibility index (Phi) is 5.15. The molecule has 0 heterocycles. The summed E-state index contributed by atoms with van der Waals surface area (Å²) in [6.45, 7) is 1.10. The molecule has 0 aromatic heterocycles. The van der Waals surface area contributed by atoms with Crippen molar-refractivity contribution in [3.8, 4) is 11.5 Å². The predicted octanol–water partition coefficient (Wildman–Crippen LogP) is 0.519. The molecule has 1 atom stereocenters. The molecule has 1 unspecified atom stereocenters. The van der Waals surface area contributed by atoms with E-state index in [0.717, 1.165) is 0 Å². The third-order valence-corrected chi connectivity index (χ3v) is 1.83. The number of aliphatic hydroxyl groups excluding tert-OH is 1. The molecule has 5 heteroatoms. The monoisotopic (exact) mass is 225 g/mol. The number of aliphatic hydroxyl groups is 1. The van der Waals surface area contributed by atoms with E-state index in [1.54, 1.807) is 18.2 Å². The van der Waals surface area contributed by atoms with Crippen LogP contribution in [0.15, 0.2) is 24.3 Å². The fourth-order valence-corrected chi connectivity index (χ4v) is 1.10. The molecule has 0 saturated heterocycles. The van der Waals surface area contributed by atoms with Gasteiger partial charge in [-0.25, -0.2) is 4.79 Å². The van der Waals surface area contributed by atoms with Gasteiger partial charge >= 0.3 is 6.47 Å². The SMILES string of the molecule is COc1ccccc1OCC(O)CO[C]=O. The van der Waals surface area contributed by atoms with E-state index in [1.165, 1.54) is 13.6 Å². The Hall–Kier alpha value is -1.75. The predicted molar refractivity (Wildman–Crippen MR) is 56.1 cm³/mol.